The summed E-state index contributed by atoms with van der Waals surface area (Å²) in [6.07, 6.45) is 3.50. The lowest BCUT2D eigenvalue weighted by atomic mass is 9.96. The van der Waals surface area contributed by atoms with Gasteiger partial charge < -0.3 is 20.5 Å². The lowest BCUT2D eigenvalue weighted by molar-refractivity contribution is -0.138. The SMILES string of the molecule is CCCCC(CC)C(=O)N(Cc1cccc(OC)c1)C[C@@H](O)[C@@H](N)Cc1ccccc1.Cl. The van der Waals surface area contributed by atoms with E-state index in [2.05, 4.69) is 13.8 Å². The molecule has 2 aromatic rings. The molecule has 6 heteroatoms. The lowest BCUT2D eigenvalue weighted by Crippen LogP contribution is -2.47. The molecule has 0 heterocycles. The van der Waals surface area contributed by atoms with Crippen molar-refractivity contribution < 1.29 is 14.6 Å². The molecule has 0 saturated heterocycles. The second-order valence-electron chi connectivity index (χ2n) is 8.24. The van der Waals surface area contributed by atoms with Crippen LogP contribution in [0, 0.1) is 5.92 Å². The number of nitrogens with two attached hydrogens (primary N) is 1. The Morgan fingerprint density at radius 2 is 1.78 bits per heavy atom. The van der Waals surface area contributed by atoms with Gasteiger partial charge in [0, 0.05) is 25.0 Å². The molecule has 178 valence electrons. The van der Waals surface area contributed by atoms with E-state index in [1.54, 1.807) is 12.0 Å². The first-order valence-electron chi connectivity index (χ1n) is 11.4. The van der Waals surface area contributed by atoms with Gasteiger partial charge in [0.05, 0.1) is 13.2 Å². The van der Waals surface area contributed by atoms with Crippen molar-refractivity contribution in [2.45, 2.75) is 64.6 Å². The molecule has 0 radical (unpaired) electrons. The third-order valence-corrected chi connectivity index (χ3v) is 5.78. The van der Waals surface area contributed by atoms with E-state index in [-0.39, 0.29) is 30.8 Å². The molecule has 0 fully saturated rings. The fraction of sp³-hybridized carbons (Fsp3) is 0.500. The zero-order valence-electron chi connectivity index (χ0n) is 19.6. The van der Waals surface area contributed by atoms with E-state index in [1.807, 2.05) is 54.6 Å². The van der Waals surface area contributed by atoms with Gasteiger partial charge in [0.25, 0.3) is 0 Å². The van der Waals surface area contributed by atoms with Crippen LogP contribution in [0.2, 0.25) is 0 Å². The molecule has 5 nitrogen and oxygen atoms in total. The Morgan fingerprint density at radius 3 is 2.41 bits per heavy atom. The first-order valence-corrected chi connectivity index (χ1v) is 11.4. The molecular weight excluding hydrogens is 424 g/mol. The van der Waals surface area contributed by atoms with Crippen LogP contribution in [0.1, 0.15) is 50.7 Å². The smallest absolute Gasteiger partial charge is 0.226 e. The highest BCUT2D eigenvalue weighted by atomic mass is 35.5. The standard InChI is InChI=1S/C26H38N2O3.ClH/c1-4-6-14-22(5-2)26(30)28(18-21-13-10-15-23(16-21)31-3)19-25(29)24(27)17-20-11-8-7-9-12-20;/h7-13,15-16,22,24-25,29H,4-6,14,17-19,27H2,1-3H3;1H/t22?,24-,25+;/m0./s1. The number of aliphatic hydroxyl groups is 1. The maximum atomic E-state index is 13.4. The number of halogens is 1. The quantitative estimate of drug-likeness (QED) is 0.456. The maximum Gasteiger partial charge on any atom is 0.226 e. The molecule has 1 unspecified atom stereocenters. The first kappa shape index (κ1) is 28.0. The molecule has 0 aliphatic rings. The molecule has 0 bridgehead atoms. The Labute approximate surface area is 199 Å². The van der Waals surface area contributed by atoms with Gasteiger partial charge in [-0.1, -0.05) is 69.2 Å². The second kappa shape index (κ2) is 14.9. The van der Waals surface area contributed by atoms with Crippen LogP contribution in [-0.4, -0.2) is 41.7 Å². The zero-order chi connectivity index (χ0) is 22.6. The summed E-state index contributed by atoms with van der Waals surface area (Å²) in [4.78, 5) is 15.2. The van der Waals surface area contributed by atoms with Gasteiger partial charge in [-0.25, -0.2) is 0 Å². The minimum Gasteiger partial charge on any atom is -0.497 e. The summed E-state index contributed by atoms with van der Waals surface area (Å²) in [7, 11) is 1.63. The minimum absolute atomic E-state index is 0. The van der Waals surface area contributed by atoms with E-state index >= 15 is 0 Å². The summed E-state index contributed by atoms with van der Waals surface area (Å²) in [5.41, 5.74) is 8.37. The average Bonchev–Trinajstić information content (AvgIpc) is 2.79. The van der Waals surface area contributed by atoms with Crippen molar-refractivity contribution in [1.29, 1.82) is 0 Å². The van der Waals surface area contributed by atoms with Crippen LogP contribution in [0.4, 0.5) is 0 Å². The Hall–Kier alpha value is -2.08. The van der Waals surface area contributed by atoms with Crippen molar-refractivity contribution in [3.63, 3.8) is 0 Å². The van der Waals surface area contributed by atoms with Gasteiger partial charge in [-0.05, 0) is 42.5 Å². The van der Waals surface area contributed by atoms with Crippen molar-refractivity contribution in [1.82, 2.24) is 4.90 Å². The van der Waals surface area contributed by atoms with Crippen LogP contribution in [0.15, 0.2) is 54.6 Å². The minimum atomic E-state index is -0.807. The molecule has 32 heavy (non-hydrogen) atoms. The number of aliphatic hydroxyl groups excluding tert-OH is 1. The molecule has 0 aliphatic carbocycles. The number of rotatable bonds is 13. The van der Waals surface area contributed by atoms with E-state index in [9.17, 15) is 9.90 Å². The van der Waals surface area contributed by atoms with Crippen LogP contribution >= 0.6 is 12.4 Å². The van der Waals surface area contributed by atoms with Crippen molar-refractivity contribution in [3.8, 4) is 5.75 Å². The van der Waals surface area contributed by atoms with Crippen molar-refractivity contribution >= 4 is 18.3 Å². The first-order chi connectivity index (χ1) is 15.0. The van der Waals surface area contributed by atoms with E-state index in [0.29, 0.717) is 13.0 Å². The average molecular weight is 463 g/mol. The summed E-state index contributed by atoms with van der Waals surface area (Å²) in [6.45, 7) is 4.83. The molecule has 0 aromatic heterocycles. The van der Waals surface area contributed by atoms with Crippen LogP contribution in [0.25, 0.3) is 0 Å². The number of carbonyl (C=O) groups excluding carboxylic acids is 1. The summed E-state index contributed by atoms with van der Waals surface area (Å²) in [6, 6.07) is 17.2. The van der Waals surface area contributed by atoms with E-state index in [1.165, 1.54) is 0 Å². The largest absolute Gasteiger partial charge is 0.497 e. The highest BCUT2D eigenvalue weighted by Crippen LogP contribution is 2.20. The molecule has 0 saturated carbocycles. The number of methoxy groups -OCH3 is 1. The van der Waals surface area contributed by atoms with Crippen molar-refractivity contribution in [2.24, 2.45) is 11.7 Å². The van der Waals surface area contributed by atoms with Gasteiger partial charge in [-0.2, -0.15) is 0 Å². The summed E-state index contributed by atoms with van der Waals surface area (Å²) >= 11 is 0. The van der Waals surface area contributed by atoms with Gasteiger partial charge in [0.15, 0.2) is 0 Å². The Bertz CT molecular complexity index is 788. The summed E-state index contributed by atoms with van der Waals surface area (Å²) in [5.74, 6) is 0.803. The number of hydrogen-bond acceptors (Lipinski definition) is 4. The molecule has 2 aromatic carbocycles. The molecule has 0 aliphatic heterocycles. The fourth-order valence-corrected chi connectivity index (χ4v) is 3.82. The molecule has 3 N–H and O–H groups in total. The van der Waals surface area contributed by atoms with Gasteiger partial charge in [0.2, 0.25) is 5.91 Å². The predicted molar refractivity (Wildman–Crippen MR) is 133 cm³/mol. The van der Waals surface area contributed by atoms with Crippen LogP contribution in [-0.2, 0) is 17.8 Å². The summed E-state index contributed by atoms with van der Waals surface area (Å²) in [5, 5.41) is 10.9. The van der Waals surface area contributed by atoms with Crippen LogP contribution in [0.5, 0.6) is 5.75 Å². The molecule has 0 spiro atoms. The number of carbonyl (C=O) groups is 1. The number of amides is 1. The van der Waals surface area contributed by atoms with E-state index < -0.39 is 12.1 Å². The van der Waals surface area contributed by atoms with Gasteiger partial charge in [0.1, 0.15) is 5.75 Å². The molecule has 2 rings (SSSR count). The Balaban J connectivity index is 0.00000512. The van der Waals surface area contributed by atoms with Crippen molar-refractivity contribution in [2.75, 3.05) is 13.7 Å². The van der Waals surface area contributed by atoms with Gasteiger partial charge in [-0.15, -0.1) is 12.4 Å². The topological polar surface area (TPSA) is 75.8 Å². The van der Waals surface area contributed by atoms with Crippen LogP contribution in [0.3, 0.4) is 0 Å². The Kier molecular flexibility index (Phi) is 13.0. The number of ether oxygens (including phenoxy) is 1. The summed E-state index contributed by atoms with van der Waals surface area (Å²) < 4.78 is 5.33. The predicted octanol–water partition coefficient (Wildman–Crippen LogP) is 4.59. The molecule has 1 amide bonds. The lowest BCUT2D eigenvalue weighted by Gasteiger charge is -2.31. The van der Waals surface area contributed by atoms with Crippen LogP contribution < -0.4 is 10.5 Å². The number of nitrogens with zero attached hydrogens (tertiary/aromatic N) is 1. The monoisotopic (exact) mass is 462 g/mol. The van der Waals surface area contributed by atoms with E-state index in [0.717, 1.165) is 42.6 Å². The fourth-order valence-electron chi connectivity index (χ4n) is 3.82. The van der Waals surface area contributed by atoms with Gasteiger partial charge in [-0.3, -0.25) is 4.79 Å². The molecular formula is C26H39ClN2O3. The van der Waals surface area contributed by atoms with E-state index in [4.69, 9.17) is 10.5 Å². The highest BCUT2D eigenvalue weighted by Gasteiger charge is 2.27. The third kappa shape index (κ3) is 8.81. The maximum absolute atomic E-state index is 13.4. The number of unbranched alkanes of at least 4 members (excludes halogenated alkanes) is 1. The number of benzene rings is 2. The van der Waals surface area contributed by atoms with Gasteiger partial charge >= 0.3 is 0 Å². The van der Waals surface area contributed by atoms with Crippen molar-refractivity contribution in [3.05, 3.63) is 65.7 Å². The highest BCUT2D eigenvalue weighted by molar-refractivity contribution is 5.85. The number of hydrogen-bond donors (Lipinski definition) is 2. The third-order valence-electron chi connectivity index (χ3n) is 5.78. The molecule has 3 atom stereocenters. The Morgan fingerprint density at radius 1 is 1.09 bits per heavy atom. The zero-order valence-corrected chi connectivity index (χ0v) is 20.4. The normalized spacial score (nSPS) is 13.5. The second-order valence-corrected chi connectivity index (χ2v) is 8.24.